The molecule has 0 bridgehead atoms. The van der Waals surface area contributed by atoms with Crippen LogP contribution >= 0.6 is 11.8 Å². The van der Waals surface area contributed by atoms with Gasteiger partial charge in [0.2, 0.25) is 11.8 Å². The van der Waals surface area contributed by atoms with Gasteiger partial charge in [-0.1, -0.05) is 35.5 Å². The maximum Gasteiger partial charge on any atom is 0.328 e. The van der Waals surface area contributed by atoms with E-state index < -0.39 is 17.1 Å². The van der Waals surface area contributed by atoms with Gasteiger partial charge in [-0.05, 0) is 36.8 Å². The van der Waals surface area contributed by atoms with Crippen LogP contribution in [0.3, 0.4) is 0 Å². The van der Waals surface area contributed by atoms with Gasteiger partial charge in [0, 0.05) is 28.8 Å². The molecule has 9 heteroatoms. The topological polar surface area (TPSA) is 122 Å². The molecule has 8 nitrogen and oxygen atoms in total. The highest BCUT2D eigenvalue weighted by Gasteiger charge is 2.23. The summed E-state index contributed by atoms with van der Waals surface area (Å²) >= 11 is 1.34. The average molecular weight is 437 g/mol. The third-order valence-corrected chi connectivity index (χ3v) is 5.24. The molecule has 0 spiro atoms. The van der Waals surface area contributed by atoms with Crippen molar-refractivity contribution >= 4 is 41.1 Å². The zero-order chi connectivity index (χ0) is 22.2. The maximum absolute atomic E-state index is 12.9. The smallest absolute Gasteiger partial charge is 0.328 e. The minimum Gasteiger partial charge on any atom is -0.478 e. The van der Waals surface area contributed by atoms with E-state index >= 15 is 0 Å². The number of hydrogen-bond acceptors (Lipinski definition) is 6. The molecule has 0 radical (unpaired) electrons. The molecule has 1 aromatic heterocycles. The van der Waals surface area contributed by atoms with Gasteiger partial charge >= 0.3 is 5.97 Å². The summed E-state index contributed by atoms with van der Waals surface area (Å²) in [6.45, 7) is 1.74. The van der Waals surface area contributed by atoms with Crippen LogP contribution < -0.4 is 10.6 Å². The molecule has 0 aliphatic rings. The third kappa shape index (κ3) is 6.58. The molecule has 158 valence electrons. The minimum atomic E-state index is -1.20. The summed E-state index contributed by atoms with van der Waals surface area (Å²) in [5, 5.41) is 17.2. The summed E-state index contributed by atoms with van der Waals surface area (Å²) in [7, 11) is 0. The second kappa shape index (κ2) is 10.3. The summed E-state index contributed by atoms with van der Waals surface area (Å²) in [6, 6.07) is 17.9. The number of aryl methyl sites for hydroxylation is 1. The Morgan fingerprint density at radius 1 is 1.03 bits per heavy atom. The number of carboxylic acid groups (broad SMARTS) is 1. The predicted octanol–water partition coefficient (Wildman–Crippen LogP) is 4.03. The van der Waals surface area contributed by atoms with Crippen LogP contribution in [0.15, 0.2) is 82.2 Å². The standard InChI is InChI=1S/C22H19N3O5S/c1-14-13-18(25-30-14)24-22(29)21(15-5-3-2-4-6-15)31-17-9-7-16(8-10-17)23-19(26)11-12-20(27)28/h2-13,21H,1H3,(H,23,26)(H,27,28)(H,24,25,29)/b12-11+/t21-/m0/s1. The number of anilines is 2. The molecule has 31 heavy (non-hydrogen) atoms. The molecular formula is C22H19N3O5S. The van der Waals surface area contributed by atoms with Gasteiger partial charge in [-0.25, -0.2) is 4.79 Å². The Morgan fingerprint density at radius 2 is 1.74 bits per heavy atom. The van der Waals surface area contributed by atoms with Crippen LogP contribution in [0.25, 0.3) is 0 Å². The Labute approximate surface area is 182 Å². The first kappa shape index (κ1) is 21.8. The van der Waals surface area contributed by atoms with Crippen molar-refractivity contribution in [2.45, 2.75) is 17.1 Å². The van der Waals surface area contributed by atoms with Gasteiger partial charge in [0.1, 0.15) is 11.0 Å². The fraction of sp³-hybridized carbons (Fsp3) is 0.0909. The summed E-state index contributed by atoms with van der Waals surface area (Å²) in [6.07, 6.45) is 1.70. The Bertz CT molecular complexity index is 1090. The van der Waals surface area contributed by atoms with E-state index in [4.69, 9.17) is 9.63 Å². The lowest BCUT2D eigenvalue weighted by molar-refractivity contribution is -0.131. The Kier molecular flexibility index (Phi) is 7.23. The molecule has 3 aromatic rings. The van der Waals surface area contributed by atoms with Crippen molar-refractivity contribution in [2.75, 3.05) is 10.6 Å². The van der Waals surface area contributed by atoms with Crippen LogP contribution in [0.1, 0.15) is 16.6 Å². The van der Waals surface area contributed by atoms with E-state index in [0.717, 1.165) is 22.6 Å². The largest absolute Gasteiger partial charge is 0.478 e. The molecule has 0 saturated carbocycles. The summed E-state index contributed by atoms with van der Waals surface area (Å²) in [5.41, 5.74) is 1.32. The molecule has 3 N–H and O–H groups in total. The Balaban J connectivity index is 1.72. The molecule has 1 heterocycles. The number of carbonyl (C=O) groups excluding carboxylic acids is 2. The van der Waals surface area contributed by atoms with Crippen LogP contribution in [0.4, 0.5) is 11.5 Å². The van der Waals surface area contributed by atoms with E-state index in [0.29, 0.717) is 17.3 Å². The van der Waals surface area contributed by atoms with Crippen molar-refractivity contribution in [3.05, 3.63) is 84.1 Å². The number of carboxylic acids is 1. The fourth-order valence-electron chi connectivity index (χ4n) is 2.60. The highest BCUT2D eigenvalue weighted by molar-refractivity contribution is 8.00. The molecule has 0 unspecified atom stereocenters. The van der Waals surface area contributed by atoms with Gasteiger partial charge in [0.05, 0.1) is 0 Å². The van der Waals surface area contributed by atoms with Crippen molar-refractivity contribution in [1.29, 1.82) is 0 Å². The van der Waals surface area contributed by atoms with E-state index in [1.165, 1.54) is 11.8 Å². The molecule has 2 aromatic carbocycles. The van der Waals surface area contributed by atoms with Gasteiger partial charge in [-0.2, -0.15) is 0 Å². The van der Waals surface area contributed by atoms with E-state index in [-0.39, 0.29) is 5.91 Å². The first-order valence-electron chi connectivity index (χ1n) is 9.18. The Hall–Kier alpha value is -3.85. The van der Waals surface area contributed by atoms with E-state index in [1.54, 1.807) is 37.3 Å². The number of nitrogens with one attached hydrogen (secondary N) is 2. The second-order valence-corrected chi connectivity index (χ2v) is 7.58. The summed E-state index contributed by atoms with van der Waals surface area (Å²) in [4.78, 5) is 35.9. The highest BCUT2D eigenvalue weighted by Crippen LogP contribution is 2.36. The zero-order valence-electron chi connectivity index (χ0n) is 16.4. The Morgan fingerprint density at radius 3 is 2.35 bits per heavy atom. The van der Waals surface area contributed by atoms with E-state index in [2.05, 4.69) is 15.8 Å². The van der Waals surface area contributed by atoms with Crippen LogP contribution in [0.5, 0.6) is 0 Å². The van der Waals surface area contributed by atoms with Crippen molar-refractivity contribution in [1.82, 2.24) is 5.16 Å². The van der Waals surface area contributed by atoms with Crippen LogP contribution in [0.2, 0.25) is 0 Å². The third-order valence-electron chi connectivity index (χ3n) is 3.97. The minimum absolute atomic E-state index is 0.249. The van der Waals surface area contributed by atoms with Crippen LogP contribution in [-0.2, 0) is 14.4 Å². The SMILES string of the molecule is Cc1cc(NC(=O)[C@@H](Sc2ccc(NC(=O)/C=C/C(=O)O)cc2)c2ccccc2)no1. The molecule has 2 amide bonds. The van der Waals surface area contributed by atoms with Crippen molar-refractivity contribution in [2.24, 2.45) is 0 Å². The second-order valence-electron chi connectivity index (χ2n) is 6.41. The van der Waals surface area contributed by atoms with Gasteiger partial charge in [0.15, 0.2) is 5.82 Å². The van der Waals surface area contributed by atoms with Gasteiger partial charge < -0.3 is 20.3 Å². The van der Waals surface area contributed by atoms with Gasteiger partial charge in [0.25, 0.3) is 0 Å². The van der Waals surface area contributed by atoms with Crippen molar-refractivity contribution in [3.8, 4) is 0 Å². The van der Waals surface area contributed by atoms with E-state index in [9.17, 15) is 14.4 Å². The maximum atomic E-state index is 12.9. The monoisotopic (exact) mass is 437 g/mol. The number of thioether (sulfide) groups is 1. The molecule has 0 saturated heterocycles. The number of amides is 2. The van der Waals surface area contributed by atoms with Crippen LogP contribution in [-0.4, -0.2) is 28.0 Å². The normalized spacial score (nSPS) is 11.8. The molecule has 3 rings (SSSR count). The molecule has 0 fully saturated rings. The fourth-order valence-corrected chi connectivity index (χ4v) is 3.63. The number of hydrogen-bond donors (Lipinski definition) is 3. The predicted molar refractivity (Wildman–Crippen MR) is 117 cm³/mol. The average Bonchev–Trinajstić information content (AvgIpc) is 3.16. The summed E-state index contributed by atoms with van der Waals surface area (Å²) < 4.78 is 5.00. The number of aliphatic carboxylic acids is 1. The number of carbonyl (C=O) groups is 3. The zero-order valence-corrected chi connectivity index (χ0v) is 17.3. The van der Waals surface area contributed by atoms with Gasteiger partial charge in [-0.15, -0.1) is 11.8 Å². The summed E-state index contributed by atoms with van der Waals surface area (Å²) in [5.74, 6) is -1.06. The quantitative estimate of drug-likeness (QED) is 0.359. The number of nitrogens with zero attached hydrogens (tertiary/aromatic N) is 1. The lowest BCUT2D eigenvalue weighted by Gasteiger charge is -2.16. The molecule has 0 aliphatic heterocycles. The first-order chi connectivity index (χ1) is 14.9. The first-order valence-corrected chi connectivity index (χ1v) is 10.1. The number of rotatable bonds is 8. The number of aromatic nitrogens is 1. The number of benzene rings is 2. The molecule has 0 aliphatic carbocycles. The van der Waals surface area contributed by atoms with Gasteiger partial charge in [-0.3, -0.25) is 9.59 Å². The highest BCUT2D eigenvalue weighted by atomic mass is 32.2. The van der Waals surface area contributed by atoms with Crippen molar-refractivity contribution < 1.29 is 24.0 Å². The lowest BCUT2D eigenvalue weighted by atomic mass is 10.1. The molecular weight excluding hydrogens is 418 g/mol. The molecule has 1 atom stereocenters. The van der Waals surface area contributed by atoms with E-state index in [1.807, 2.05) is 30.3 Å². The van der Waals surface area contributed by atoms with Crippen LogP contribution in [0, 0.1) is 6.92 Å². The lowest BCUT2D eigenvalue weighted by Crippen LogP contribution is -2.19. The van der Waals surface area contributed by atoms with Crippen molar-refractivity contribution in [3.63, 3.8) is 0 Å².